The van der Waals surface area contributed by atoms with Gasteiger partial charge >= 0.3 is 0 Å². The Bertz CT molecular complexity index is 574. The summed E-state index contributed by atoms with van der Waals surface area (Å²) in [4.78, 5) is 0. The Morgan fingerprint density at radius 3 is 1.95 bits per heavy atom. The summed E-state index contributed by atoms with van der Waals surface area (Å²) < 4.78 is 5.98. The summed E-state index contributed by atoms with van der Waals surface area (Å²) in [5.41, 5.74) is 5.23. The van der Waals surface area contributed by atoms with Gasteiger partial charge in [-0.05, 0) is 41.0 Å². The molecule has 0 aliphatic heterocycles. The molecule has 0 radical (unpaired) electrons. The fourth-order valence-electron chi connectivity index (χ4n) is 3.12. The van der Waals surface area contributed by atoms with Crippen LogP contribution in [0.5, 0.6) is 0 Å². The minimum Gasteiger partial charge on any atom is -0.374 e. The second-order valence-corrected chi connectivity index (χ2v) is 6.69. The highest BCUT2D eigenvalue weighted by Crippen LogP contribution is 2.25. The van der Waals surface area contributed by atoms with Gasteiger partial charge in [-0.3, -0.25) is 0 Å². The highest BCUT2D eigenvalue weighted by molar-refractivity contribution is 5.64. The predicted molar refractivity (Wildman–Crippen MR) is 93.0 cm³/mol. The molecule has 0 atom stereocenters. The Morgan fingerprint density at radius 1 is 0.864 bits per heavy atom. The van der Waals surface area contributed by atoms with Gasteiger partial charge in [-0.25, -0.2) is 0 Å². The predicted octanol–water partition coefficient (Wildman–Crippen LogP) is 5.94. The molecule has 0 spiro atoms. The van der Waals surface area contributed by atoms with Crippen LogP contribution in [0, 0.1) is 0 Å². The highest BCUT2D eigenvalue weighted by atomic mass is 16.5. The van der Waals surface area contributed by atoms with Crippen LogP contribution in [0.4, 0.5) is 0 Å². The van der Waals surface area contributed by atoms with E-state index in [1.165, 1.54) is 47.9 Å². The lowest BCUT2D eigenvalue weighted by molar-refractivity contribution is 0.0457. The van der Waals surface area contributed by atoms with Crippen molar-refractivity contribution in [1.29, 1.82) is 0 Å². The third-order valence-corrected chi connectivity index (χ3v) is 4.65. The van der Waals surface area contributed by atoms with E-state index in [9.17, 15) is 0 Å². The van der Waals surface area contributed by atoms with Gasteiger partial charge in [-0.15, -0.1) is 0 Å². The van der Waals surface area contributed by atoms with Crippen LogP contribution in [0.2, 0.25) is 0 Å². The molecule has 0 amide bonds. The minimum atomic E-state index is 0.489. The van der Waals surface area contributed by atoms with E-state index in [0.29, 0.717) is 12.0 Å². The van der Waals surface area contributed by atoms with E-state index in [2.05, 4.69) is 62.4 Å². The third-order valence-electron chi connectivity index (χ3n) is 4.65. The van der Waals surface area contributed by atoms with Crippen LogP contribution < -0.4 is 0 Å². The molecular formula is C21H26O. The van der Waals surface area contributed by atoms with Gasteiger partial charge in [0.2, 0.25) is 0 Å². The lowest BCUT2D eigenvalue weighted by Crippen LogP contribution is -2.06. The molecule has 3 rings (SSSR count). The molecule has 1 aliphatic carbocycles. The third kappa shape index (κ3) is 3.78. The van der Waals surface area contributed by atoms with E-state index in [0.717, 1.165) is 6.61 Å². The zero-order valence-corrected chi connectivity index (χ0v) is 13.7. The van der Waals surface area contributed by atoms with Crippen LogP contribution in [-0.4, -0.2) is 6.10 Å². The van der Waals surface area contributed by atoms with E-state index >= 15 is 0 Å². The summed E-state index contributed by atoms with van der Waals surface area (Å²) >= 11 is 0. The van der Waals surface area contributed by atoms with Gasteiger partial charge in [0.15, 0.2) is 0 Å². The van der Waals surface area contributed by atoms with Crippen LogP contribution in [0.15, 0.2) is 48.5 Å². The molecule has 1 heteroatoms. The quantitative estimate of drug-likeness (QED) is 0.663. The Kier molecular flexibility index (Phi) is 4.94. The minimum absolute atomic E-state index is 0.489. The van der Waals surface area contributed by atoms with Crippen LogP contribution in [0.3, 0.4) is 0 Å². The number of benzene rings is 2. The lowest BCUT2D eigenvalue weighted by Gasteiger charge is -2.11. The van der Waals surface area contributed by atoms with Gasteiger partial charge < -0.3 is 4.74 Å². The van der Waals surface area contributed by atoms with Crippen molar-refractivity contribution in [1.82, 2.24) is 0 Å². The first-order valence-corrected chi connectivity index (χ1v) is 8.53. The van der Waals surface area contributed by atoms with E-state index < -0.39 is 0 Å². The van der Waals surface area contributed by atoms with Crippen LogP contribution >= 0.6 is 0 Å². The largest absolute Gasteiger partial charge is 0.374 e. The topological polar surface area (TPSA) is 9.23 Å². The smallest absolute Gasteiger partial charge is 0.0720 e. The molecule has 22 heavy (non-hydrogen) atoms. The van der Waals surface area contributed by atoms with Crippen LogP contribution in [0.1, 0.15) is 56.6 Å². The number of rotatable bonds is 5. The SMILES string of the molecule is CC(C)c1ccc(-c2ccc(COC3CCCC3)cc2)cc1. The first-order valence-electron chi connectivity index (χ1n) is 8.53. The van der Waals surface area contributed by atoms with Crippen molar-refractivity contribution in [3.8, 4) is 11.1 Å². The van der Waals surface area contributed by atoms with E-state index in [1.807, 2.05) is 0 Å². The molecule has 116 valence electrons. The average Bonchev–Trinajstić information content (AvgIpc) is 3.07. The van der Waals surface area contributed by atoms with E-state index in [-0.39, 0.29) is 0 Å². The average molecular weight is 294 g/mol. The van der Waals surface area contributed by atoms with Crippen molar-refractivity contribution in [2.24, 2.45) is 0 Å². The molecule has 0 unspecified atom stereocenters. The number of hydrogen-bond donors (Lipinski definition) is 0. The number of ether oxygens (including phenoxy) is 1. The van der Waals surface area contributed by atoms with Gasteiger partial charge in [-0.2, -0.15) is 0 Å². The van der Waals surface area contributed by atoms with Gasteiger partial charge in [0.1, 0.15) is 0 Å². The van der Waals surface area contributed by atoms with Crippen molar-refractivity contribution in [3.05, 3.63) is 59.7 Å². The van der Waals surface area contributed by atoms with Crippen molar-refractivity contribution in [3.63, 3.8) is 0 Å². The Labute approximate surface area is 134 Å². The summed E-state index contributed by atoms with van der Waals surface area (Å²) in [5.74, 6) is 0.587. The zero-order valence-electron chi connectivity index (χ0n) is 13.7. The molecular weight excluding hydrogens is 268 g/mol. The molecule has 2 aromatic rings. The molecule has 1 saturated carbocycles. The van der Waals surface area contributed by atoms with Gasteiger partial charge in [-0.1, -0.05) is 75.2 Å². The van der Waals surface area contributed by atoms with Crippen molar-refractivity contribution in [2.45, 2.75) is 58.2 Å². The summed E-state index contributed by atoms with van der Waals surface area (Å²) in [7, 11) is 0. The molecule has 0 N–H and O–H groups in total. The fraction of sp³-hybridized carbons (Fsp3) is 0.429. The van der Waals surface area contributed by atoms with Gasteiger partial charge in [0.25, 0.3) is 0 Å². The standard InChI is InChI=1S/C21H26O/c1-16(2)18-11-13-20(14-12-18)19-9-7-17(8-10-19)15-22-21-5-3-4-6-21/h7-14,16,21H,3-6,15H2,1-2H3. The maximum atomic E-state index is 5.98. The second-order valence-electron chi connectivity index (χ2n) is 6.69. The summed E-state index contributed by atoms with van der Waals surface area (Å²) in [6.45, 7) is 5.21. The molecule has 1 nitrogen and oxygen atoms in total. The van der Waals surface area contributed by atoms with Gasteiger partial charge in [0, 0.05) is 0 Å². The Balaban J connectivity index is 1.62. The molecule has 0 heterocycles. The van der Waals surface area contributed by atoms with Crippen molar-refractivity contribution < 1.29 is 4.74 Å². The van der Waals surface area contributed by atoms with Gasteiger partial charge in [0.05, 0.1) is 12.7 Å². The highest BCUT2D eigenvalue weighted by Gasteiger charge is 2.15. The van der Waals surface area contributed by atoms with E-state index in [1.54, 1.807) is 0 Å². The normalized spacial score (nSPS) is 15.6. The fourth-order valence-corrected chi connectivity index (χ4v) is 3.12. The molecule has 0 saturated heterocycles. The molecule has 0 bridgehead atoms. The summed E-state index contributed by atoms with van der Waals surface area (Å²) in [5, 5.41) is 0. The summed E-state index contributed by atoms with van der Waals surface area (Å²) in [6.07, 6.45) is 5.62. The molecule has 1 fully saturated rings. The number of hydrogen-bond acceptors (Lipinski definition) is 1. The van der Waals surface area contributed by atoms with E-state index in [4.69, 9.17) is 4.74 Å². The van der Waals surface area contributed by atoms with Crippen LogP contribution in [-0.2, 0) is 11.3 Å². The first kappa shape index (κ1) is 15.3. The monoisotopic (exact) mass is 294 g/mol. The van der Waals surface area contributed by atoms with Crippen molar-refractivity contribution >= 4 is 0 Å². The molecule has 0 aromatic heterocycles. The molecule has 2 aromatic carbocycles. The van der Waals surface area contributed by atoms with Crippen LogP contribution in [0.25, 0.3) is 11.1 Å². The lowest BCUT2D eigenvalue weighted by atomic mass is 9.98. The molecule has 1 aliphatic rings. The summed E-state index contributed by atoms with van der Waals surface area (Å²) in [6, 6.07) is 17.7. The zero-order chi connectivity index (χ0) is 15.4. The maximum Gasteiger partial charge on any atom is 0.0720 e. The Hall–Kier alpha value is -1.60. The maximum absolute atomic E-state index is 5.98. The Morgan fingerprint density at radius 2 is 1.41 bits per heavy atom. The first-order chi connectivity index (χ1) is 10.7. The van der Waals surface area contributed by atoms with Crippen molar-refractivity contribution in [2.75, 3.05) is 0 Å². The second kappa shape index (κ2) is 7.11.